The van der Waals surface area contributed by atoms with Gasteiger partial charge in [0.15, 0.2) is 22.2 Å². The summed E-state index contributed by atoms with van der Waals surface area (Å²) in [5.74, 6) is -0.449. The fraction of sp³-hybridized carbons (Fsp3) is 0.381. The lowest BCUT2D eigenvalue weighted by Crippen LogP contribution is -2.43. The largest absolute Gasteiger partial charge is 0.477 e. The molecule has 0 spiro atoms. The molecule has 1 fully saturated rings. The normalized spacial score (nSPS) is 17.4. The average Bonchev–Trinajstić information content (AvgIpc) is 3.10. The van der Waals surface area contributed by atoms with Crippen LogP contribution in [-0.4, -0.2) is 48.3 Å². The lowest BCUT2D eigenvalue weighted by molar-refractivity contribution is -0.385. The van der Waals surface area contributed by atoms with Crippen molar-refractivity contribution in [2.45, 2.75) is 32.4 Å². The van der Waals surface area contributed by atoms with E-state index in [1.165, 1.54) is 28.7 Å². The summed E-state index contributed by atoms with van der Waals surface area (Å²) >= 11 is 0. The Morgan fingerprint density at radius 1 is 1.17 bits per heavy atom. The first-order valence-corrected chi connectivity index (χ1v) is 11.5. The van der Waals surface area contributed by atoms with Crippen LogP contribution in [0.5, 0.6) is 5.75 Å². The number of nitrogens with zero attached hydrogens (tertiary/aromatic N) is 2. The van der Waals surface area contributed by atoms with Gasteiger partial charge < -0.3 is 9.64 Å². The Morgan fingerprint density at radius 2 is 1.83 bits per heavy atom. The molecule has 1 heterocycles. The minimum Gasteiger partial charge on any atom is -0.477 e. The summed E-state index contributed by atoms with van der Waals surface area (Å²) in [5, 5.41) is 11.1. The van der Waals surface area contributed by atoms with Crippen molar-refractivity contribution >= 4 is 21.4 Å². The summed E-state index contributed by atoms with van der Waals surface area (Å²) in [7, 11) is -3.19. The maximum atomic E-state index is 13.0. The first kappa shape index (κ1) is 21.8. The fourth-order valence-electron chi connectivity index (χ4n) is 3.47. The van der Waals surface area contributed by atoms with Gasteiger partial charge in [-0.15, -0.1) is 0 Å². The SMILES string of the molecule is CCc1ccc(CN(C(=O)COc2ccccc2[N+](=O)[O-])[C@H]2CCS(=O)(=O)C2)cc1. The number of benzene rings is 2. The standard InChI is InChI=1S/C21H24N2O6S/c1-2-16-7-9-17(10-8-16)13-22(18-11-12-30(27,28)15-18)21(24)14-29-20-6-4-3-5-19(20)23(25)26/h3-10,18H,2,11-15H2,1H3/t18-/m0/s1. The van der Waals surface area contributed by atoms with Crippen molar-refractivity contribution in [1.82, 2.24) is 4.90 Å². The number of rotatable bonds is 8. The van der Waals surface area contributed by atoms with Crippen LogP contribution in [0.1, 0.15) is 24.5 Å². The van der Waals surface area contributed by atoms with Gasteiger partial charge in [0.25, 0.3) is 5.91 Å². The van der Waals surface area contributed by atoms with Crippen LogP contribution in [0.2, 0.25) is 0 Å². The third-order valence-corrected chi connectivity index (χ3v) is 6.92. The van der Waals surface area contributed by atoms with E-state index in [4.69, 9.17) is 4.74 Å². The highest BCUT2D eigenvalue weighted by Crippen LogP contribution is 2.26. The summed E-state index contributed by atoms with van der Waals surface area (Å²) in [6.07, 6.45) is 1.26. The predicted molar refractivity (Wildman–Crippen MR) is 112 cm³/mol. The van der Waals surface area contributed by atoms with Crippen molar-refractivity contribution in [2.75, 3.05) is 18.1 Å². The second-order valence-corrected chi connectivity index (χ2v) is 9.49. The number of amides is 1. The van der Waals surface area contributed by atoms with Crippen molar-refractivity contribution in [3.8, 4) is 5.75 Å². The van der Waals surface area contributed by atoms with E-state index in [-0.39, 0.29) is 29.5 Å². The molecule has 1 saturated heterocycles. The smallest absolute Gasteiger partial charge is 0.310 e. The van der Waals surface area contributed by atoms with E-state index >= 15 is 0 Å². The highest BCUT2D eigenvalue weighted by atomic mass is 32.2. The third kappa shape index (κ3) is 5.35. The van der Waals surface area contributed by atoms with Crippen LogP contribution in [0.4, 0.5) is 5.69 Å². The molecule has 160 valence electrons. The summed E-state index contributed by atoms with van der Waals surface area (Å²) in [5.41, 5.74) is 1.82. The zero-order valence-corrected chi connectivity index (χ0v) is 17.5. The Hall–Kier alpha value is -2.94. The molecule has 9 heteroatoms. The van der Waals surface area contributed by atoms with Crippen molar-refractivity contribution in [3.05, 3.63) is 69.8 Å². The van der Waals surface area contributed by atoms with E-state index in [9.17, 15) is 23.3 Å². The van der Waals surface area contributed by atoms with Gasteiger partial charge >= 0.3 is 5.69 Å². The van der Waals surface area contributed by atoms with Crippen LogP contribution < -0.4 is 4.74 Å². The third-order valence-electron chi connectivity index (χ3n) is 5.17. The van der Waals surface area contributed by atoms with Gasteiger partial charge in [-0.25, -0.2) is 8.42 Å². The van der Waals surface area contributed by atoms with Gasteiger partial charge in [0.05, 0.1) is 16.4 Å². The Kier molecular flexibility index (Phi) is 6.71. The Bertz CT molecular complexity index is 1020. The molecule has 0 bridgehead atoms. The number of ether oxygens (including phenoxy) is 1. The van der Waals surface area contributed by atoms with E-state index < -0.39 is 33.3 Å². The number of hydrogen-bond acceptors (Lipinski definition) is 6. The summed E-state index contributed by atoms with van der Waals surface area (Å²) < 4.78 is 29.4. The van der Waals surface area contributed by atoms with Crippen LogP contribution in [-0.2, 0) is 27.6 Å². The van der Waals surface area contributed by atoms with E-state index in [2.05, 4.69) is 0 Å². The first-order valence-electron chi connectivity index (χ1n) is 9.73. The van der Waals surface area contributed by atoms with Crippen LogP contribution >= 0.6 is 0 Å². The number of sulfone groups is 1. The number of para-hydroxylation sites is 2. The van der Waals surface area contributed by atoms with Crippen LogP contribution in [0.3, 0.4) is 0 Å². The molecule has 8 nitrogen and oxygen atoms in total. The number of aryl methyl sites for hydroxylation is 1. The van der Waals surface area contributed by atoms with Gasteiger partial charge in [-0.2, -0.15) is 0 Å². The number of hydrogen-bond donors (Lipinski definition) is 0. The van der Waals surface area contributed by atoms with Crippen molar-refractivity contribution in [3.63, 3.8) is 0 Å². The molecule has 2 aromatic rings. The highest BCUT2D eigenvalue weighted by molar-refractivity contribution is 7.91. The van der Waals surface area contributed by atoms with Crippen LogP contribution in [0.15, 0.2) is 48.5 Å². The highest BCUT2D eigenvalue weighted by Gasteiger charge is 2.35. The first-order chi connectivity index (χ1) is 14.3. The quantitative estimate of drug-likeness (QED) is 0.469. The molecule has 1 aliphatic heterocycles. The molecule has 2 aromatic carbocycles. The Balaban J connectivity index is 1.77. The van der Waals surface area contributed by atoms with Crippen molar-refractivity contribution < 1.29 is 22.9 Å². The van der Waals surface area contributed by atoms with Crippen LogP contribution in [0.25, 0.3) is 0 Å². The molecule has 30 heavy (non-hydrogen) atoms. The lowest BCUT2D eigenvalue weighted by atomic mass is 10.1. The minimum atomic E-state index is -3.19. The molecule has 0 unspecified atom stereocenters. The molecule has 1 aliphatic rings. The van der Waals surface area contributed by atoms with Gasteiger partial charge in [0.2, 0.25) is 0 Å². The van der Waals surface area contributed by atoms with Gasteiger partial charge in [-0.3, -0.25) is 14.9 Å². The Labute approximate surface area is 175 Å². The lowest BCUT2D eigenvalue weighted by Gasteiger charge is -2.28. The van der Waals surface area contributed by atoms with E-state index in [1.54, 1.807) is 6.07 Å². The van der Waals surface area contributed by atoms with E-state index in [0.717, 1.165) is 12.0 Å². The topological polar surface area (TPSA) is 107 Å². The van der Waals surface area contributed by atoms with Gasteiger partial charge in [-0.05, 0) is 30.0 Å². The molecule has 0 aromatic heterocycles. The summed E-state index contributed by atoms with van der Waals surface area (Å²) in [6.45, 7) is 1.89. The summed E-state index contributed by atoms with van der Waals surface area (Å²) in [6, 6.07) is 13.2. The maximum absolute atomic E-state index is 13.0. The van der Waals surface area contributed by atoms with Crippen LogP contribution in [0, 0.1) is 10.1 Å². The average molecular weight is 432 g/mol. The second-order valence-electron chi connectivity index (χ2n) is 7.26. The predicted octanol–water partition coefficient (Wildman–Crippen LogP) is 2.75. The summed E-state index contributed by atoms with van der Waals surface area (Å²) in [4.78, 5) is 25.0. The molecular weight excluding hydrogens is 408 g/mol. The van der Waals surface area contributed by atoms with Gasteiger partial charge in [0.1, 0.15) is 0 Å². The van der Waals surface area contributed by atoms with Crippen molar-refractivity contribution in [1.29, 1.82) is 0 Å². The molecule has 0 saturated carbocycles. The Morgan fingerprint density at radius 3 is 2.43 bits per heavy atom. The number of carbonyl (C=O) groups is 1. The molecule has 3 rings (SSSR count). The monoisotopic (exact) mass is 432 g/mol. The molecular formula is C21H24N2O6S. The number of nitro benzene ring substituents is 1. The molecule has 1 atom stereocenters. The fourth-order valence-corrected chi connectivity index (χ4v) is 5.20. The zero-order chi connectivity index (χ0) is 21.7. The van der Waals surface area contributed by atoms with E-state index in [0.29, 0.717) is 6.42 Å². The molecule has 0 radical (unpaired) electrons. The van der Waals surface area contributed by atoms with Gasteiger partial charge in [-0.1, -0.05) is 43.3 Å². The number of carbonyl (C=O) groups excluding carboxylic acids is 1. The number of nitro groups is 1. The second kappa shape index (κ2) is 9.25. The van der Waals surface area contributed by atoms with Crippen molar-refractivity contribution in [2.24, 2.45) is 0 Å². The zero-order valence-electron chi connectivity index (χ0n) is 16.7. The van der Waals surface area contributed by atoms with Gasteiger partial charge in [0, 0.05) is 18.7 Å². The molecule has 1 amide bonds. The van der Waals surface area contributed by atoms with E-state index in [1.807, 2.05) is 31.2 Å². The molecule has 0 aliphatic carbocycles. The maximum Gasteiger partial charge on any atom is 0.310 e. The molecule has 0 N–H and O–H groups in total. The minimum absolute atomic E-state index is 0.00198.